The highest BCUT2D eigenvalue weighted by molar-refractivity contribution is 7.89. The Hall–Kier alpha value is -3.20. The van der Waals surface area contributed by atoms with Crippen LogP contribution >= 0.6 is 11.6 Å². The van der Waals surface area contributed by atoms with Gasteiger partial charge in [0.25, 0.3) is 5.91 Å². The first kappa shape index (κ1) is 23.0. The number of carbonyl (C=O) groups is 1. The van der Waals surface area contributed by atoms with Gasteiger partial charge in [0.2, 0.25) is 10.0 Å². The molecule has 4 aromatic rings. The van der Waals surface area contributed by atoms with Crippen molar-refractivity contribution in [3.8, 4) is 0 Å². The first-order valence-electron chi connectivity index (χ1n) is 10.2. The number of nitrogens with zero attached hydrogens (tertiary/aromatic N) is 3. The van der Waals surface area contributed by atoms with E-state index in [0.717, 1.165) is 16.6 Å². The van der Waals surface area contributed by atoms with Crippen molar-refractivity contribution in [2.24, 2.45) is 0 Å². The molecule has 33 heavy (non-hydrogen) atoms. The number of pyridine rings is 1. The largest absolute Gasteiger partial charge is 0.347 e. The summed E-state index contributed by atoms with van der Waals surface area (Å²) in [4.78, 5) is 17.4. The van der Waals surface area contributed by atoms with Crippen molar-refractivity contribution >= 4 is 38.4 Å². The lowest BCUT2D eigenvalue weighted by atomic mass is 10.2. The van der Waals surface area contributed by atoms with Gasteiger partial charge in [0.1, 0.15) is 5.69 Å². The summed E-state index contributed by atoms with van der Waals surface area (Å²) in [6, 6.07) is 17.7. The van der Waals surface area contributed by atoms with Crippen molar-refractivity contribution in [1.29, 1.82) is 0 Å². The summed E-state index contributed by atoms with van der Waals surface area (Å²) in [7, 11) is -0.626. The average molecular weight is 483 g/mol. The zero-order chi connectivity index (χ0) is 23.6. The molecule has 0 fully saturated rings. The van der Waals surface area contributed by atoms with Gasteiger partial charge < -0.3 is 9.88 Å². The SMILES string of the molecule is CN(C)S(=O)(=O)c1ccc2c(c1)cc(C(=O)NCc1ccccc1Cl)n2Cc1ccncc1. The van der Waals surface area contributed by atoms with Gasteiger partial charge >= 0.3 is 0 Å². The molecule has 0 aliphatic carbocycles. The highest BCUT2D eigenvalue weighted by Gasteiger charge is 2.21. The minimum Gasteiger partial charge on any atom is -0.347 e. The van der Waals surface area contributed by atoms with E-state index in [0.29, 0.717) is 22.6 Å². The molecule has 0 unspecified atom stereocenters. The minimum absolute atomic E-state index is 0.170. The Morgan fingerprint density at radius 3 is 2.48 bits per heavy atom. The average Bonchev–Trinajstić information content (AvgIpc) is 3.16. The number of hydrogen-bond acceptors (Lipinski definition) is 4. The normalized spacial score (nSPS) is 11.8. The summed E-state index contributed by atoms with van der Waals surface area (Å²) in [5, 5.41) is 4.16. The van der Waals surface area contributed by atoms with Crippen LogP contribution in [0.2, 0.25) is 5.02 Å². The number of nitrogens with one attached hydrogen (secondary N) is 1. The van der Waals surface area contributed by atoms with E-state index in [-0.39, 0.29) is 17.3 Å². The summed E-state index contributed by atoms with van der Waals surface area (Å²) < 4.78 is 28.2. The summed E-state index contributed by atoms with van der Waals surface area (Å²) in [6.45, 7) is 0.705. The van der Waals surface area contributed by atoms with Crippen LogP contribution in [0, 0.1) is 0 Å². The molecule has 7 nitrogen and oxygen atoms in total. The van der Waals surface area contributed by atoms with Gasteiger partial charge in [0, 0.05) is 55.5 Å². The number of halogens is 1. The second-order valence-electron chi connectivity index (χ2n) is 7.75. The topological polar surface area (TPSA) is 84.3 Å². The van der Waals surface area contributed by atoms with Crippen molar-refractivity contribution in [3.05, 3.63) is 94.9 Å². The van der Waals surface area contributed by atoms with Gasteiger partial charge in [0.15, 0.2) is 0 Å². The monoisotopic (exact) mass is 482 g/mol. The van der Waals surface area contributed by atoms with Gasteiger partial charge in [-0.2, -0.15) is 0 Å². The molecule has 0 aliphatic rings. The second kappa shape index (κ2) is 9.35. The van der Waals surface area contributed by atoms with Crippen LogP contribution in [0.4, 0.5) is 0 Å². The maximum Gasteiger partial charge on any atom is 0.268 e. The third kappa shape index (κ3) is 4.78. The fourth-order valence-corrected chi connectivity index (χ4v) is 4.70. The Labute approximate surface area is 197 Å². The minimum atomic E-state index is -3.60. The van der Waals surface area contributed by atoms with E-state index in [2.05, 4.69) is 10.3 Å². The molecule has 170 valence electrons. The molecule has 0 saturated heterocycles. The fraction of sp³-hybridized carbons (Fsp3) is 0.167. The molecule has 0 spiro atoms. The molecule has 9 heteroatoms. The van der Waals surface area contributed by atoms with Crippen LogP contribution in [0.1, 0.15) is 21.6 Å². The number of sulfonamides is 1. The van der Waals surface area contributed by atoms with E-state index in [9.17, 15) is 13.2 Å². The Bertz CT molecular complexity index is 1420. The lowest BCUT2D eigenvalue weighted by molar-refractivity contribution is 0.0942. The van der Waals surface area contributed by atoms with Crippen molar-refractivity contribution in [1.82, 2.24) is 19.2 Å². The van der Waals surface area contributed by atoms with Crippen molar-refractivity contribution in [3.63, 3.8) is 0 Å². The van der Waals surface area contributed by atoms with E-state index in [1.807, 2.05) is 34.9 Å². The quantitative estimate of drug-likeness (QED) is 0.432. The summed E-state index contributed by atoms with van der Waals surface area (Å²) >= 11 is 6.22. The van der Waals surface area contributed by atoms with Crippen molar-refractivity contribution in [2.75, 3.05) is 14.1 Å². The maximum atomic E-state index is 13.2. The smallest absolute Gasteiger partial charge is 0.268 e. The number of hydrogen-bond donors (Lipinski definition) is 1. The Morgan fingerprint density at radius 2 is 1.79 bits per heavy atom. The zero-order valence-corrected chi connectivity index (χ0v) is 19.8. The van der Waals surface area contributed by atoms with E-state index in [4.69, 9.17) is 11.6 Å². The highest BCUT2D eigenvalue weighted by Crippen LogP contribution is 2.26. The van der Waals surface area contributed by atoms with Crippen LogP contribution in [0.25, 0.3) is 10.9 Å². The predicted octanol–water partition coefficient (Wildman–Crippen LogP) is 3.92. The van der Waals surface area contributed by atoms with E-state index < -0.39 is 10.0 Å². The summed E-state index contributed by atoms with van der Waals surface area (Å²) in [5.41, 5.74) is 2.96. The molecule has 0 bridgehead atoms. The molecule has 2 heterocycles. The van der Waals surface area contributed by atoms with Crippen molar-refractivity contribution in [2.45, 2.75) is 18.0 Å². The number of aromatic nitrogens is 2. The Morgan fingerprint density at radius 1 is 1.06 bits per heavy atom. The molecule has 0 atom stereocenters. The van der Waals surface area contributed by atoms with Gasteiger partial charge in [0.05, 0.1) is 4.90 Å². The van der Waals surface area contributed by atoms with E-state index >= 15 is 0 Å². The van der Waals surface area contributed by atoms with Gasteiger partial charge in [-0.05, 0) is 53.6 Å². The molecule has 0 aliphatic heterocycles. The zero-order valence-electron chi connectivity index (χ0n) is 18.2. The standard InChI is InChI=1S/C24H23ClN4O3S/c1-28(2)33(31,32)20-7-8-22-19(13-20)14-23(29(22)16-17-9-11-26-12-10-17)24(30)27-15-18-5-3-4-6-21(18)25/h3-14H,15-16H2,1-2H3,(H,27,30). The van der Waals surface area contributed by atoms with Crippen LogP contribution in [0.15, 0.2) is 78.0 Å². The molecule has 2 aromatic carbocycles. The molecule has 0 saturated carbocycles. The lowest BCUT2D eigenvalue weighted by Crippen LogP contribution is -2.25. The third-order valence-electron chi connectivity index (χ3n) is 5.37. The molecular formula is C24H23ClN4O3S. The number of benzene rings is 2. The lowest BCUT2D eigenvalue weighted by Gasteiger charge is -2.13. The Balaban J connectivity index is 1.75. The van der Waals surface area contributed by atoms with Gasteiger partial charge in [-0.15, -0.1) is 0 Å². The van der Waals surface area contributed by atoms with E-state index in [1.54, 1.807) is 42.7 Å². The molecule has 0 radical (unpaired) electrons. The molecule has 1 N–H and O–H groups in total. The maximum absolute atomic E-state index is 13.2. The Kier molecular flexibility index (Phi) is 6.51. The molecular weight excluding hydrogens is 460 g/mol. The molecule has 1 amide bonds. The van der Waals surface area contributed by atoms with Gasteiger partial charge in [-0.1, -0.05) is 29.8 Å². The van der Waals surface area contributed by atoms with Gasteiger partial charge in [-0.3, -0.25) is 9.78 Å². The number of carbonyl (C=O) groups excluding carboxylic acids is 1. The number of fused-ring (bicyclic) bond motifs is 1. The number of rotatable bonds is 7. The van der Waals surface area contributed by atoms with Crippen molar-refractivity contribution < 1.29 is 13.2 Å². The summed E-state index contributed by atoms with van der Waals surface area (Å²) in [6.07, 6.45) is 3.39. The van der Waals surface area contributed by atoms with E-state index in [1.165, 1.54) is 18.4 Å². The first-order chi connectivity index (χ1) is 15.8. The van der Waals surface area contributed by atoms with Crippen LogP contribution in [-0.2, 0) is 23.1 Å². The number of amides is 1. The molecule has 2 aromatic heterocycles. The second-order valence-corrected chi connectivity index (χ2v) is 10.3. The van der Waals surface area contributed by atoms with Crippen LogP contribution in [-0.4, -0.2) is 42.3 Å². The first-order valence-corrected chi connectivity index (χ1v) is 12.1. The van der Waals surface area contributed by atoms with Crippen LogP contribution in [0.5, 0.6) is 0 Å². The highest BCUT2D eigenvalue weighted by atomic mass is 35.5. The third-order valence-corrected chi connectivity index (χ3v) is 7.55. The van der Waals surface area contributed by atoms with Crippen LogP contribution < -0.4 is 5.32 Å². The van der Waals surface area contributed by atoms with Gasteiger partial charge in [-0.25, -0.2) is 12.7 Å². The molecule has 4 rings (SSSR count). The fourth-order valence-electron chi connectivity index (χ4n) is 3.56. The van der Waals surface area contributed by atoms with Crippen LogP contribution in [0.3, 0.4) is 0 Å². The summed E-state index contributed by atoms with van der Waals surface area (Å²) in [5.74, 6) is -0.280. The predicted molar refractivity (Wildman–Crippen MR) is 129 cm³/mol.